The van der Waals surface area contributed by atoms with Crippen molar-refractivity contribution in [1.82, 2.24) is 10.2 Å². The Bertz CT molecular complexity index is 625. The van der Waals surface area contributed by atoms with Crippen LogP contribution in [0.4, 0.5) is 5.69 Å². The summed E-state index contributed by atoms with van der Waals surface area (Å²) >= 11 is 0. The summed E-state index contributed by atoms with van der Waals surface area (Å²) in [5.41, 5.74) is 0.353. The molecule has 0 bridgehead atoms. The molecule has 0 aliphatic carbocycles. The molecular formula is C18H27N3O4. The van der Waals surface area contributed by atoms with Crippen LogP contribution in [-0.2, 0) is 9.59 Å². The average Bonchev–Trinajstić information content (AvgIpc) is 2.69. The second-order valence-electron chi connectivity index (χ2n) is 7.23. The summed E-state index contributed by atoms with van der Waals surface area (Å²) in [5, 5.41) is 5.69. The number of hydrogen-bond acceptors (Lipinski definition) is 5. The fraction of sp³-hybridized carbons (Fsp3) is 0.556. The molecule has 0 saturated heterocycles. The smallest absolute Gasteiger partial charge is 0.238 e. The van der Waals surface area contributed by atoms with Crippen LogP contribution in [-0.4, -0.2) is 55.6 Å². The van der Waals surface area contributed by atoms with Crippen LogP contribution in [0.2, 0.25) is 0 Å². The zero-order valence-electron chi connectivity index (χ0n) is 15.3. The van der Waals surface area contributed by atoms with Crippen LogP contribution in [0.5, 0.6) is 11.5 Å². The second kappa shape index (κ2) is 8.20. The molecule has 2 N–H and O–H groups in total. The number of carbonyl (C=O) groups excluding carboxylic acids is 2. The van der Waals surface area contributed by atoms with E-state index in [0.29, 0.717) is 30.4 Å². The van der Waals surface area contributed by atoms with Crippen molar-refractivity contribution in [2.45, 2.75) is 32.7 Å². The highest BCUT2D eigenvalue weighted by atomic mass is 16.5. The molecule has 1 aromatic rings. The first kappa shape index (κ1) is 19.1. The number of carbonyl (C=O) groups is 2. The summed E-state index contributed by atoms with van der Waals surface area (Å²) in [4.78, 5) is 25.7. The van der Waals surface area contributed by atoms with Gasteiger partial charge in [0.25, 0.3) is 0 Å². The van der Waals surface area contributed by atoms with Gasteiger partial charge in [-0.25, -0.2) is 0 Å². The van der Waals surface area contributed by atoms with E-state index in [0.717, 1.165) is 6.42 Å². The quantitative estimate of drug-likeness (QED) is 0.845. The Hall–Kier alpha value is -2.28. The maximum absolute atomic E-state index is 12.2. The Morgan fingerprint density at radius 2 is 1.72 bits per heavy atom. The van der Waals surface area contributed by atoms with Crippen molar-refractivity contribution in [1.29, 1.82) is 0 Å². The molecule has 1 aliphatic heterocycles. The first-order valence-corrected chi connectivity index (χ1v) is 8.42. The van der Waals surface area contributed by atoms with Crippen LogP contribution in [0, 0.1) is 0 Å². The van der Waals surface area contributed by atoms with Crippen molar-refractivity contribution in [3.63, 3.8) is 0 Å². The number of ether oxygens (including phenoxy) is 2. The van der Waals surface area contributed by atoms with Crippen molar-refractivity contribution in [2.75, 3.05) is 38.7 Å². The number of benzene rings is 1. The van der Waals surface area contributed by atoms with Gasteiger partial charge in [0, 0.05) is 23.7 Å². The van der Waals surface area contributed by atoms with E-state index in [9.17, 15) is 9.59 Å². The molecule has 7 nitrogen and oxygen atoms in total. The molecule has 2 rings (SSSR count). The van der Waals surface area contributed by atoms with Crippen molar-refractivity contribution < 1.29 is 19.1 Å². The molecular weight excluding hydrogens is 322 g/mol. The summed E-state index contributed by atoms with van der Waals surface area (Å²) in [7, 11) is 1.73. The Kier molecular flexibility index (Phi) is 6.25. The number of rotatable bonds is 5. The number of nitrogens with zero attached hydrogens (tertiary/aromatic N) is 1. The van der Waals surface area contributed by atoms with E-state index in [4.69, 9.17) is 9.47 Å². The van der Waals surface area contributed by atoms with E-state index in [2.05, 4.69) is 10.6 Å². The third-order valence-corrected chi connectivity index (χ3v) is 3.37. The third kappa shape index (κ3) is 6.62. The van der Waals surface area contributed by atoms with Gasteiger partial charge < -0.3 is 20.1 Å². The average molecular weight is 349 g/mol. The molecule has 0 radical (unpaired) electrons. The minimum Gasteiger partial charge on any atom is -0.490 e. The molecule has 0 spiro atoms. The fourth-order valence-corrected chi connectivity index (χ4v) is 2.45. The van der Waals surface area contributed by atoms with E-state index in [-0.39, 0.29) is 30.4 Å². The fourth-order valence-electron chi connectivity index (χ4n) is 2.45. The van der Waals surface area contributed by atoms with Gasteiger partial charge in [0.15, 0.2) is 11.5 Å². The molecule has 138 valence electrons. The minimum absolute atomic E-state index is 0.113. The highest BCUT2D eigenvalue weighted by Crippen LogP contribution is 2.32. The molecule has 7 heteroatoms. The maximum atomic E-state index is 12.2. The van der Waals surface area contributed by atoms with E-state index in [1.807, 2.05) is 20.8 Å². The summed E-state index contributed by atoms with van der Waals surface area (Å²) in [6.07, 6.45) is 0.831. The third-order valence-electron chi connectivity index (χ3n) is 3.37. The van der Waals surface area contributed by atoms with Crippen LogP contribution >= 0.6 is 0 Å². The van der Waals surface area contributed by atoms with Gasteiger partial charge in [-0.1, -0.05) is 0 Å². The maximum Gasteiger partial charge on any atom is 0.238 e. The van der Waals surface area contributed by atoms with Crippen LogP contribution < -0.4 is 20.1 Å². The van der Waals surface area contributed by atoms with Gasteiger partial charge in [0.2, 0.25) is 11.8 Å². The Balaban J connectivity index is 1.85. The van der Waals surface area contributed by atoms with Crippen LogP contribution in [0.3, 0.4) is 0 Å². The van der Waals surface area contributed by atoms with E-state index >= 15 is 0 Å². The number of likely N-dealkylation sites (N-methyl/N-ethyl adjacent to an activating group) is 1. The SMILES string of the molecule is CN(CC(=O)Nc1ccc2c(c1)OCCCO2)CC(=O)NC(C)(C)C. The molecule has 0 unspecified atom stereocenters. The number of fused-ring (bicyclic) bond motifs is 1. The van der Waals surface area contributed by atoms with Crippen molar-refractivity contribution >= 4 is 17.5 Å². The van der Waals surface area contributed by atoms with Crippen LogP contribution in [0.25, 0.3) is 0 Å². The highest BCUT2D eigenvalue weighted by molar-refractivity contribution is 5.93. The van der Waals surface area contributed by atoms with E-state index in [1.165, 1.54) is 0 Å². The molecule has 25 heavy (non-hydrogen) atoms. The molecule has 0 aromatic heterocycles. The lowest BCUT2D eigenvalue weighted by atomic mass is 10.1. The first-order valence-electron chi connectivity index (χ1n) is 8.42. The summed E-state index contributed by atoms with van der Waals surface area (Å²) in [5.74, 6) is 1.01. The Morgan fingerprint density at radius 1 is 1.08 bits per heavy atom. The number of hydrogen-bond donors (Lipinski definition) is 2. The van der Waals surface area contributed by atoms with Crippen molar-refractivity contribution in [2.24, 2.45) is 0 Å². The van der Waals surface area contributed by atoms with E-state index in [1.54, 1.807) is 30.1 Å². The number of nitrogens with one attached hydrogen (secondary N) is 2. The van der Waals surface area contributed by atoms with Gasteiger partial charge in [0.1, 0.15) is 0 Å². The van der Waals surface area contributed by atoms with Crippen LogP contribution in [0.1, 0.15) is 27.2 Å². The largest absolute Gasteiger partial charge is 0.490 e. The zero-order chi connectivity index (χ0) is 18.4. The minimum atomic E-state index is -0.288. The van der Waals surface area contributed by atoms with Gasteiger partial charge in [-0.3, -0.25) is 14.5 Å². The standard InChI is InChI=1S/C18H27N3O4/c1-18(2,3)20-17(23)12-21(4)11-16(22)19-13-6-7-14-15(10-13)25-9-5-8-24-14/h6-7,10H,5,8-9,11-12H2,1-4H3,(H,19,22)(H,20,23). The Morgan fingerprint density at radius 3 is 2.40 bits per heavy atom. The van der Waals surface area contributed by atoms with Crippen molar-refractivity contribution in [3.8, 4) is 11.5 Å². The van der Waals surface area contributed by atoms with Gasteiger partial charge >= 0.3 is 0 Å². The normalized spacial score (nSPS) is 14.0. The van der Waals surface area contributed by atoms with E-state index < -0.39 is 0 Å². The molecule has 2 amide bonds. The van der Waals surface area contributed by atoms with Gasteiger partial charge in [0.05, 0.1) is 26.3 Å². The lowest BCUT2D eigenvalue weighted by molar-refractivity contribution is -0.124. The summed E-state index contributed by atoms with van der Waals surface area (Å²) < 4.78 is 11.2. The second-order valence-corrected chi connectivity index (χ2v) is 7.23. The lowest BCUT2D eigenvalue weighted by Gasteiger charge is -2.23. The molecule has 1 heterocycles. The molecule has 0 atom stereocenters. The van der Waals surface area contributed by atoms with Crippen molar-refractivity contribution in [3.05, 3.63) is 18.2 Å². The molecule has 0 fully saturated rings. The highest BCUT2D eigenvalue weighted by Gasteiger charge is 2.17. The zero-order valence-corrected chi connectivity index (χ0v) is 15.3. The van der Waals surface area contributed by atoms with Gasteiger partial charge in [-0.05, 0) is 40.0 Å². The summed E-state index contributed by atoms with van der Waals surface area (Å²) in [6.45, 7) is 7.25. The molecule has 1 aromatic carbocycles. The molecule has 1 aliphatic rings. The van der Waals surface area contributed by atoms with Gasteiger partial charge in [-0.15, -0.1) is 0 Å². The monoisotopic (exact) mass is 349 g/mol. The summed E-state index contributed by atoms with van der Waals surface area (Å²) in [6, 6.07) is 5.32. The number of anilines is 1. The first-order chi connectivity index (χ1) is 11.7. The molecule has 0 saturated carbocycles. The predicted octanol–water partition coefficient (Wildman–Crippen LogP) is 1.63. The predicted molar refractivity (Wildman–Crippen MR) is 96.1 cm³/mol. The topological polar surface area (TPSA) is 79.9 Å². The van der Waals surface area contributed by atoms with Crippen LogP contribution in [0.15, 0.2) is 18.2 Å². The lowest BCUT2D eigenvalue weighted by Crippen LogP contribution is -2.46. The Labute approximate surface area is 148 Å². The van der Waals surface area contributed by atoms with Gasteiger partial charge in [-0.2, -0.15) is 0 Å². The number of amides is 2.